The minimum Gasteiger partial charge on any atom is -0.384 e. The molecule has 100 valence electrons. The Hall–Kier alpha value is -1.14. The zero-order valence-electron chi connectivity index (χ0n) is 10.8. The molecule has 0 atom stereocenters. The van der Waals surface area contributed by atoms with Crippen molar-refractivity contribution in [2.24, 2.45) is 5.41 Å². The molecule has 1 saturated heterocycles. The summed E-state index contributed by atoms with van der Waals surface area (Å²) in [5, 5.41) is 0. The van der Waals surface area contributed by atoms with Gasteiger partial charge in [-0.15, -0.1) is 0 Å². The largest absolute Gasteiger partial charge is 0.384 e. The molecule has 0 spiro atoms. The van der Waals surface area contributed by atoms with Crippen molar-refractivity contribution in [3.63, 3.8) is 0 Å². The molecule has 2 N–H and O–H groups in total. The molecule has 0 radical (unpaired) electrons. The number of nitrogens with zero attached hydrogens (tertiary/aromatic N) is 2. The van der Waals surface area contributed by atoms with Gasteiger partial charge >= 0.3 is 0 Å². The number of hydrogen-bond acceptors (Lipinski definition) is 4. The van der Waals surface area contributed by atoms with Gasteiger partial charge in [0, 0.05) is 19.3 Å². The lowest BCUT2D eigenvalue weighted by Gasteiger charge is -2.37. The number of pyridine rings is 1. The van der Waals surface area contributed by atoms with Gasteiger partial charge in [0.2, 0.25) is 10.0 Å². The van der Waals surface area contributed by atoms with Crippen LogP contribution in [0.15, 0.2) is 23.2 Å². The molecule has 2 rings (SSSR count). The third-order valence-electron chi connectivity index (χ3n) is 3.26. The molecule has 1 aliphatic rings. The van der Waals surface area contributed by atoms with Crippen LogP contribution in [0.3, 0.4) is 0 Å². The summed E-state index contributed by atoms with van der Waals surface area (Å²) in [5.74, 6) is 0.327. The smallest absolute Gasteiger partial charge is 0.244 e. The molecule has 6 heteroatoms. The van der Waals surface area contributed by atoms with E-state index in [0.717, 1.165) is 12.8 Å². The van der Waals surface area contributed by atoms with Gasteiger partial charge in [-0.1, -0.05) is 13.8 Å². The average molecular weight is 269 g/mol. The maximum atomic E-state index is 12.4. The fourth-order valence-electron chi connectivity index (χ4n) is 2.27. The summed E-state index contributed by atoms with van der Waals surface area (Å²) in [6.45, 7) is 5.32. The van der Waals surface area contributed by atoms with Crippen LogP contribution in [0.5, 0.6) is 0 Å². The maximum Gasteiger partial charge on any atom is 0.244 e. The lowest BCUT2D eigenvalue weighted by Crippen LogP contribution is -2.43. The molecule has 0 unspecified atom stereocenters. The van der Waals surface area contributed by atoms with E-state index in [4.69, 9.17) is 5.73 Å². The van der Waals surface area contributed by atoms with Gasteiger partial charge in [-0.3, -0.25) is 0 Å². The predicted octanol–water partition coefficient (Wildman–Crippen LogP) is 1.47. The van der Waals surface area contributed by atoms with Crippen molar-refractivity contribution in [2.75, 3.05) is 18.8 Å². The minimum absolute atomic E-state index is 0.0343. The predicted molar refractivity (Wildman–Crippen MR) is 70.4 cm³/mol. The van der Waals surface area contributed by atoms with Crippen LogP contribution < -0.4 is 5.73 Å². The van der Waals surface area contributed by atoms with Crippen molar-refractivity contribution in [1.82, 2.24) is 9.29 Å². The minimum atomic E-state index is -3.43. The molecular weight excluding hydrogens is 250 g/mol. The van der Waals surface area contributed by atoms with E-state index < -0.39 is 10.0 Å². The van der Waals surface area contributed by atoms with Gasteiger partial charge in [0.1, 0.15) is 10.7 Å². The second-order valence-corrected chi connectivity index (χ2v) is 7.46. The summed E-state index contributed by atoms with van der Waals surface area (Å²) in [5.41, 5.74) is 5.51. The van der Waals surface area contributed by atoms with E-state index in [-0.39, 0.29) is 10.3 Å². The molecule has 1 aromatic rings. The molecular formula is C12H19N3O2S. The Balaban J connectivity index is 2.28. The highest BCUT2D eigenvalue weighted by molar-refractivity contribution is 7.89. The number of hydrogen-bond donors (Lipinski definition) is 1. The van der Waals surface area contributed by atoms with E-state index in [1.807, 2.05) is 0 Å². The number of piperidine rings is 1. The lowest BCUT2D eigenvalue weighted by molar-refractivity contribution is 0.187. The number of nitrogen functional groups attached to an aromatic ring is 1. The fourth-order valence-corrected chi connectivity index (χ4v) is 3.88. The van der Waals surface area contributed by atoms with Crippen LogP contribution in [0.1, 0.15) is 26.7 Å². The second kappa shape index (κ2) is 4.51. The Morgan fingerprint density at radius 2 is 2.11 bits per heavy atom. The van der Waals surface area contributed by atoms with E-state index in [1.165, 1.54) is 18.3 Å². The Labute approximate surface area is 108 Å². The van der Waals surface area contributed by atoms with Gasteiger partial charge in [-0.25, -0.2) is 13.4 Å². The van der Waals surface area contributed by atoms with Crippen LogP contribution in [-0.2, 0) is 10.0 Å². The first-order valence-electron chi connectivity index (χ1n) is 6.03. The zero-order valence-corrected chi connectivity index (χ0v) is 11.6. The Morgan fingerprint density at radius 1 is 1.39 bits per heavy atom. The Morgan fingerprint density at radius 3 is 2.67 bits per heavy atom. The van der Waals surface area contributed by atoms with E-state index in [0.29, 0.717) is 18.9 Å². The summed E-state index contributed by atoms with van der Waals surface area (Å²) in [6, 6.07) is 3.03. The standard InChI is InChI=1S/C12H19N3O2S/c1-12(2)6-3-7-15(9-12)18(16,17)10-4-5-11(13)14-8-10/h4-5,8H,3,6-7,9H2,1-2H3,(H2,13,14). The second-order valence-electron chi connectivity index (χ2n) is 5.53. The van der Waals surface area contributed by atoms with Gasteiger partial charge in [0.15, 0.2) is 0 Å². The summed E-state index contributed by atoms with van der Waals surface area (Å²) in [7, 11) is -3.43. The molecule has 18 heavy (non-hydrogen) atoms. The highest BCUT2D eigenvalue weighted by Gasteiger charge is 2.34. The first kappa shape index (κ1) is 13.3. The Bertz CT molecular complexity index is 523. The molecule has 0 aliphatic carbocycles. The fraction of sp³-hybridized carbons (Fsp3) is 0.583. The normalized spacial score (nSPS) is 20.8. The molecule has 2 heterocycles. The molecule has 1 fully saturated rings. The summed E-state index contributed by atoms with van der Waals surface area (Å²) in [4.78, 5) is 4.07. The summed E-state index contributed by atoms with van der Waals surface area (Å²) >= 11 is 0. The van der Waals surface area contributed by atoms with Gasteiger partial charge in [-0.2, -0.15) is 4.31 Å². The van der Waals surface area contributed by atoms with Crippen LogP contribution >= 0.6 is 0 Å². The number of sulfonamides is 1. The lowest BCUT2D eigenvalue weighted by atomic mass is 9.85. The van der Waals surface area contributed by atoms with Crippen LogP contribution in [-0.4, -0.2) is 30.8 Å². The van der Waals surface area contributed by atoms with E-state index >= 15 is 0 Å². The van der Waals surface area contributed by atoms with Crippen molar-refractivity contribution in [3.8, 4) is 0 Å². The third kappa shape index (κ3) is 2.64. The highest BCUT2D eigenvalue weighted by atomic mass is 32.2. The van der Waals surface area contributed by atoms with Crippen molar-refractivity contribution in [1.29, 1.82) is 0 Å². The summed E-state index contributed by atoms with van der Waals surface area (Å²) in [6.07, 6.45) is 3.28. The topological polar surface area (TPSA) is 76.3 Å². The Kier molecular flexibility index (Phi) is 3.33. The molecule has 0 bridgehead atoms. The zero-order chi connectivity index (χ0) is 13.4. The molecule has 5 nitrogen and oxygen atoms in total. The van der Waals surface area contributed by atoms with Crippen LogP contribution in [0, 0.1) is 5.41 Å². The van der Waals surface area contributed by atoms with Crippen molar-refractivity contribution >= 4 is 15.8 Å². The molecule has 1 aliphatic heterocycles. The van der Waals surface area contributed by atoms with Crippen LogP contribution in [0.25, 0.3) is 0 Å². The monoisotopic (exact) mass is 269 g/mol. The van der Waals surface area contributed by atoms with Gasteiger partial charge < -0.3 is 5.73 Å². The van der Waals surface area contributed by atoms with Crippen LogP contribution in [0.4, 0.5) is 5.82 Å². The third-order valence-corrected chi connectivity index (χ3v) is 5.09. The van der Waals surface area contributed by atoms with E-state index in [9.17, 15) is 8.42 Å². The van der Waals surface area contributed by atoms with Gasteiger partial charge in [-0.05, 0) is 30.4 Å². The average Bonchev–Trinajstić information content (AvgIpc) is 2.28. The number of nitrogens with two attached hydrogens (primary N) is 1. The first-order valence-corrected chi connectivity index (χ1v) is 7.47. The van der Waals surface area contributed by atoms with E-state index in [2.05, 4.69) is 18.8 Å². The highest BCUT2D eigenvalue weighted by Crippen LogP contribution is 2.31. The van der Waals surface area contributed by atoms with Crippen molar-refractivity contribution < 1.29 is 8.42 Å². The van der Waals surface area contributed by atoms with Crippen molar-refractivity contribution in [2.45, 2.75) is 31.6 Å². The SMILES string of the molecule is CC1(C)CCCN(S(=O)(=O)c2ccc(N)nc2)C1. The molecule has 1 aromatic heterocycles. The molecule has 0 amide bonds. The molecule has 0 aromatic carbocycles. The number of rotatable bonds is 2. The maximum absolute atomic E-state index is 12.4. The van der Waals surface area contributed by atoms with E-state index in [1.54, 1.807) is 4.31 Å². The summed E-state index contributed by atoms with van der Waals surface area (Å²) < 4.78 is 26.4. The van der Waals surface area contributed by atoms with Crippen molar-refractivity contribution in [3.05, 3.63) is 18.3 Å². The first-order chi connectivity index (χ1) is 8.31. The van der Waals surface area contributed by atoms with Crippen LogP contribution in [0.2, 0.25) is 0 Å². The number of aromatic nitrogens is 1. The quantitative estimate of drug-likeness (QED) is 0.882. The van der Waals surface area contributed by atoms with Gasteiger partial charge in [0.05, 0.1) is 0 Å². The molecule has 0 saturated carbocycles. The number of anilines is 1. The van der Waals surface area contributed by atoms with Gasteiger partial charge in [0.25, 0.3) is 0 Å².